The zero-order chi connectivity index (χ0) is 20.8. The van der Waals surface area contributed by atoms with E-state index in [-0.39, 0.29) is 29.3 Å². The number of likely N-dealkylation sites (tertiary alicyclic amines) is 1. The van der Waals surface area contributed by atoms with E-state index in [4.69, 9.17) is 9.47 Å². The molecule has 0 bridgehead atoms. The Balaban J connectivity index is 1.45. The molecule has 0 saturated carbocycles. The molecule has 156 valence electrons. The van der Waals surface area contributed by atoms with Gasteiger partial charge in [-0.2, -0.15) is 0 Å². The predicted octanol–water partition coefficient (Wildman–Crippen LogP) is 2.79. The van der Waals surface area contributed by atoms with Gasteiger partial charge in [0.25, 0.3) is 5.69 Å². The summed E-state index contributed by atoms with van der Waals surface area (Å²) < 4.78 is 11.6. The molecule has 1 aromatic carbocycles. The van der Waals surface area contributed by atoms with Gasteiger partial charge in [0.1, 0.15) is 11.5 Å². The van der Waals surface area contributed by atoms with Gasteiger partial charge in [0.2, 0.25) is 5.91 Å². The molecule has 0 aromatic heterocycles. The molecule has 3 atom stereocenters. The van der Waals surface area contributed by atoms with Gasteiger partial charge in [-0.15, -0.1) is 0 Å². The summed E-state index contributed by atoms with van der Waals surface area (Å²) in [6, 6.07) is 5.50. The fourth-order valence-electron chi connectivity index (χ4n) is 4.75. The van der Waals surface area contributed by atoms with Crippen molar-refractivity contribution in [1.29, 1.82) is 0 Å². The Bertz CT molecular complexity index is 826. The molecule has 29 heavy (non-hydrogen) atoms. The van der Waals surface area contributed by atoms with E-state index in [1.165, 1.54) is 24.3 Å². The van der Waals surface area contributed by atoms with E-state index in [2.05, 4.69) is 13.8 Å². The number of nitrogens with zero attached hydrogens (tertiary/aromatic N) is 3. The molecule has 0 radical (unpaired) electrons. The number of amides is 2. The van der Waals surface area contributed by atoms with E-state index in [1.807, 2.05) is 4.90 Å². The Morgan fingerprint density at radius 2 is 2.07 bits per heavy atom. The first-order valence-electron chi connectivity index (χ1n) is 9.99. The second-order valence-electron chi connectivity index (χ2n) is 8.28. The number of hydrogen-bond acceptors (Lipinski definition) is 6. The fourth-order valence-corrected chi connectivity index (χ4v) is 4.75. The van der Waals surface area contributed by atoms with Gasteiger partial charge in [0.05, 0.1) is 17.6 Å². The Labute approximate surface area is 168 Å². The fraction of sp³-hybridized carbons (Fsp3) is 0.600. The number of nitro groups is 1. The van der Waals surface area contributed by atoms with Gasteiger partial charge in [-0.1, -0.05) is 13.8 Å². The maximum absolute atomic E-state index is 12.7. The minimum Gasteiger partial charge on any atom is -0.410 e. The number of ether oxygens (including phenoxy) is 2. The third-order valence-electron chi connectivity index (χ3n) is 6.32. The van der Waals surface area contributed by atoms with E-state index in [9.17, 15) is 19.7 Å². The van der Waals surface area contributed by atoms with Gasteiger partial charge in [-0.3, -0.25) is 14.9 Å². The first kappa shape index (κ1) is 19.6. The molecule has 3 heterocycles. The van der Waals surface area contributed by atoms with Gasteiger partial charge < -0.3 is 19.3 Å². The lowest BCUT2D eigenvalue weighted by Crippen LogP contribution is -2.65. The predicted molar refractivity (Wildman–Crippen MR) is 102 cm³/mol. The molecule has 9 nitrogen and oxygen atoms in total. The zero-order valence-corrected chi connectivity index (χ0v) is 16.6. The quantitative estimate of drug-likeness (QED) is 0.568. The van der Waals surface area contributed by atoms with Crippen LogP contribution in [0.4, 0.5) is 10.5 Å². The van der Waals surface area contributed by atoms with Crippen LogP contribution in [0, 0.1) is 22.0 Å². The molecule has 3 fully saturated rings. The van der Waals surface area contributed by atoms with E-state index >= 15 is 0 Å². The molecule has 2 amide bonds. The van der Waals surface area contributed by atoms with Crippen LogP contribution in [0.25, 0.3) is 0 Å². The molecule has 3 aliphatic heterocycles. The van der Waals surface area contributed by atoms with Crippen LogP contribution in [0.2, 0.25) is 0 Å². The van der Waals surface area contributed by atoms with Gasteiger partial charge >= 0.3 is 6.09 Å². The molecule has 0 N–H and O–H groups in total. The Morgan fingerprint density at radius 1 is 1.34 bits per heavy atom. The minimum absolute atomic E-state index is 0.0436. The third kappa shape index (κ3) is 3.33. The average Bonchev–Trinajstić information content (AvgIpc) is 3.09. The largest absolute Gasteiger partial charge is 0.415 e. The van der Waals surface area contributed by atoms with Crippen LogP contribution in [-0.2, 0) is 9.53 Å². The van der Waals surface area contributed by atoms with Gasteiger partial charge in [-0.25, -0.2) is 4.79 Å². The van der Waals surface area contributed by atoms with E-state index in [0.29, 0.717) is 44.9 Å². The second-order valence-corrected chi connectivity index (χ2v) is 8.28. The lowest BCUT2D eigenvalue weighted by atomic mass is 9.79. The smallest absolute Gasteiger partial charge is 0.410 e. The zero-order valence-electron chi connectivity index (χ0n) is 16.6. The van der Waals surface area contributed by atoms with Crippen molar-refractivity contribution in [1.82, 2.24) is 9.80 Å². The number of rotatable bonds is 3. The van der Waals surface area contributed by atoms with Gasteiger partial charge in [0, 0.05) is 44.0 Å². The van der Waals surface area contributed by atoms with Crippen LogP contribution in [-0.4, -0.2) is 58.2 Å². The highest BCUT2D eigenvalue weighted by molar-refractivity contribution is 5.79. The molecule has 3 saturated heterocycles. The van der Waals surface area contributed by atoms with Crippen molar-refractivity contribution in [3.05, 3.63) is 34.4 Å². The molecular weight excluding hydrogens is 378 g/mol. The number of non-ortho nitro benzene ring substituents is 1. The van der Waals surface area contributed by atoms with E-state index in [1.54, 1.807) is 4.90 Å². The highest BCUT2D eigenvalue weighted by Gasteiger charge is 2.59. The number of benzene rings is 1. The van der Waals surface area contributed by atoms with Crippen molar-refractivity contribution >= 4 is 17.7 Å². The summed E-state index contributed by atoms with van der Waals surface area (Å²) in [6.45, 7) is 5.62. The molecule has 4 rings (SSSR count). The van der Waals surface area contributed by atoms with Crippen LogP contribution in [0.3, 0.4) is 0 Å². The lowest BCUT2D eigenvalue weighted by Gasteiger charge is -2.52. The lowest BCUT2D eigenvalue weighted by molar-refractivity contribution is -0.384. The summed E-state index contributed by atoms with van der Waals surface area (Å²) in [5.74, 6) is 0.752. The van der Waals surface area contributed by atoms with Gasteiger partial charge in [-0.05, 0) is 24.5 Å². The molecule has 0 aliphatic carbocycles. The highest BCUT2D eigenvalue weighted by Crippen LogP contribution is 2.47. The van der Waals surface area contributed by atoms with Crippen molar-refractivity contribution in [2.24, 2.45) is 11.8 Å². The maximum Gasteiger partial charge on any atom is 0.415 e. The molecule has 1 spiro atoms. The van der Waals surface area contributed by atoms with Crippen LogP contribution in [0.5, 0.6) is 5.75 Å². The van der Waals surface area contributed by atoms with E-state index in [0.717, 1.165) is 0 Å². The number of hydrogen-bond donors (Lipinski definition) is 0. The van der Waals surface area contributed by atoms with E-state index < -0.39 is 16.7 Å². The number of piperidine rings is 2. The Morgan fingerprint density at radius 3 is 2.72 bits per heavy atom. The summed E-state index contributed by atoms with van der Waals surface area (Å²) in [5, 5.41) is 10.7. The molecule has 3 aliphatic rings. The normalized spacial score (nSPS) is 28.9. The molecule has 0 unspecified atom stereocenters. The van der Waals surface area contributed by atoms with Crippen molar-refractivity contribution in [3.63, 3.8) is 0 Å². The summed E-state index contributed by atoms with van der Waals surface area (Å²) in [6.07, 6.45) is 1.21. The Kier molecular flexibility index (Phi) is 4.94. The van der Waals surface area contributed by atoms with Crippen molar-refractivity contribution in [2.45, 2.75) is 44.9 Å². The summed E-state index contributed by atoms with van der Waals surface area (Å²) in [4.78, 5) is 39.1. The van der Waals surface area contributed by atoms with Crippen molar-refractivity contribution < 1.29 is 24.0 Å². The maximum atomic E-state index is 12.7. The SMILES string of the molecule is CC(C)[C@H]1CO[C@]23CCN(C(=O)Oc4ccc([N+](=O)[O-])cc4)C[C@H]2CCC(=O)N13. The topological polar surface area (TPSA) is 102 Å². The summed E-state index contributed by atoms with van der Waals surface area (Å²) in [7, 11) is 0. The summed E-state index contributed by atoms with van der Waals surface area (Å²) >= 11 is 0. The molecule has 1 aromatic rings. The second kappa shape index (κ2) is 7.29. The minimum atomic E-state index is -0.617. The van der Waals surface area contributed by atoms with Crippen LogP contribution < -0.4 is 4.74 Å². The Hall–Kier alpha value is -2.68. The first-order chi connectivity index (χ1) is 13.8. The van der Waals surface area contributed by atoms with Gasteiger partial charge in [0.15, 0.2) is 0 Å². The standard InChI is InChI=1S/C20H25N3O6/c1-13(2)17-12-28-20-9-10-21(11-14(20)3-8-18(24)22(17)20)19(25)29-16-6-4-15(5-7-16)23(26)27/h4-7,13-14,17H,3,8-12H2,1-2H3/t14-,17-,20-/m1/s1. The number of carbonyl (C=O) groups excluding carboxylic acids is 2. The average molecular weight is 403 g/mol. The summed E-state index contributed by atoms with van der Waals surface area (Å²) in [5.41, 5.74) is -0.677. The monoisotopic (exact) mass is 403 g/mol. The number of carbonyl (C=O) groups is 2. The molecular formula is C20H25N3O6. The molecule has 9 heteroatoms. The van der Waals surface area contributed by atoms with Crippen molar-refractivity contribution in [3.8, 4) is 5.75 Å². The van der Waals surface area contributed by atoms with Crippen molar-refractivity contribution in [2.75, 3.05) is 19.7 Å². The first-order valence-corrected chi connectivity index (χ1v) is 9.99. The van der Waals surface area contributed by atoms with Crippen LogP contribution >= 0.6 is 0 Å². The third-order valence-corrected chi connectivity index (χ3v) is 6.32. The van der Waals surface area contributed by atoms with Crippen LogP contribution in [0.1, 0.15) is 33.1 Å². The number of nitro benzene ring substituents is 1. The van der Waals surface area contributed by atoms with Crippen LogP contribution in [0.15, 0.2) is 24.3 Å². The highest BCUT2D eigenvalue weighted by atomic mass is 16.6.